The number of rotatable bonds is 2. The monoisotopic (exact) mass is 227 g/mol. The summed E-state index contributed by atoms with van der Waals surface area (Å²) in [6.45, 7) is 2.30. The summed E-state index contributed by atoms with van der Waals surface area (Å²) in [4.78, 5) is 0. The number of nitrogens with one attached hydrogen (secondary N) is 1. The summed E-state index contributed by atoms with van der Waals surface area (Å²) in [5.41, 5.74) is 4.01. The summed E-state index contributed by atoms with van der Waals surface area (Å²) in [6, 6.07) is 9.12. The number of hydrogen-bond donors (Lipinski definition) is 1. The molecule has 1 aliphatic carbocycles. The third kappa shape index (κ3) is 1.82. The van der Waals surface area contributed by atoms with Gasteiger partial charge in [-0.25, -0.2) is 0 Å². The number of benzene rings is 1. The Morgan fingerprint density at radius 2 is 2.18 bits per heavy atom. The van der Waals surface area contributed by atoms with Gasteiger partial charge in [-0.3, -0.25) is 4.68 Å². The number of fused-ring (bicyclic) bond motifs is 1. The van der Waals surface area contributed by atoms with Gasteiger partial charge in [0, 0.05) is 13.2 Å². The van der Waals surface area contributed by atoms with Crippen LogP contribution in [0.4, 0.5) is 5.69 Å². The van der Waals surface area contributed by atoms with E-state index in [1.807, 2.05) is 24.1 Å². The zero-order valence-corrected chi connectivity index (χ0v) is 10.2. The van der Waals surface area contributed by atoms with Crippen LogP contribution in [0.2, 0.25) is 0 Å². The average molecular weight is 227 g/mol. The molecule has 1 aliphatic rings. The Morgan fingerprint density at radius 1 is 1.35 bits per heavy atom. The van der Waals surface area contributed by atoms with Crippen molar-refractivity contribution in [1.82, 2.24) is 9.78 Å². The summed E-state index contributed by atoms with van der Waals surface area (Å²) >= 11 is 0. The molecule has 0 spiro atoms. The van der Waals surface area contributed by atoms with Crippen molar-refractivity contribution in [2.75, 3.05) is 5.32 Å². The SMILES string of the molecule is C[C@H]1Cc2ccccc2[C@H]1Nc1cnn(C)c1. The minimum absolute atomic E-state index is 0.412. The number of aromatic nitrogens is 2. The van der Waals surface area contributed by atoms with Gasteiger partial charge < -0.3 is 5.32 Å². The van der Waals surface area contributed by atoms with Crippen molar-refractivity contribution in [3.05, 3.63) is 47.8 Å². The fraction of sp³-hybridized carbons (Fsp3) is 0.357. The normalized spacial score (nSPS) is 22.5. The van der Waals surface area contributed by atoms with Crippen LogP contribution in [0.3, 0.4) is 0 Å². The van der Waals surface area contributed by atoms with Gasteiger partial charge in [-0.1, -0.05) is 31.2 Å². The maximum atomic E-state index is 4.19. The van der Waals surface area contributed by atoms with Crippen molar-refractivity contribution in [2.24, 2.45) is 13.0 Å². The Hall–Kier alpha value is -1.77. The van der Waals surface area contributed by atoms with Crippen molar-refractivity contribution in [3.63, 3.8) is 0 Å². The predicted molar refractivity (Wildman–Crippen MR) is 68.9 cm³/mol. The summed E-state index contributed by atoms with van der Waals surface area (Å²) in [5, 5.41) is 7.78. The number of anilines is 1. The first-order chi connectivity index (χ1) is 8.24. The molecule has 2 atom stereocenters. The Kier molecular flexibility index (Phi) is 2.39. The second-order valence-corrected chi connectivity index (χ2v) is 4.90. The topological polar surface area (TPSA) is 29.9 Å². The van der Waals surface area contributed by atoms with Gasteiger partial charge in [-0.2, -0.15) is 5.10 Å². The molecule has 3 nitrogen and oxygen atoms in total. The van der Waals surface area contributed by atoms with E-state index in [9.17, 15) is 0 Å². The maximum absolute atomic E-state index is 4.19. The molecule has 2 aromatic rings. The van der Waals surface area contributed by atoms with Gasteiger partial charge in [0.25, 0.3) is 0 Å². The lowest BCUT2D eigenvalue weighted by molar-refractivity contribution is 0.542. The van der Waals surface area contributed by atoms with Crippen LogP contribution in [-0.2, 0) is 13.5 Å². The molecular weight excluding hydrogens is 210 g/mol. The molecule has 3 heteroatoms. The zero-order valence-electron chi connectivity index (χ0n) is 10.2. The van der Waals surface area contributed by atoms with Crippen LogP contribution in [0.5, 0.6) is 0 Å². The van der Waals surface area contributed by atoms with E-state index in [1.165, 1.54) is 11.1 Å². The van der Waals surface area contributed by atoms with E-state index in [4.69, 9.17) is 0 Å². The molecule has 0 saturated carbocycles. The molecule has 1 heterocycles. The molecule has 0 bridgehead atoms. The Balaban J connectivity index is 1.88. The summed E-state index contributed by atoms with van der Waals surface area (Å²) < 4.78 is 1.83. The van der Waals surface area contributed by atoms with E-state index in [1.54, 1.807) is 0 Å². The highest BCUT2D eigenvalue weighted by Gasteiger charge is 2.28. The van der Waals surface area contributed by atoms with Crippen LogP contribution in [0.25, 0.3) is 0 Å². The molecule has 1 N–H and O–H groups in total. The van der Waals surface area contributed by atoms with Gasteiger partial charge in [0.2, 0.25) is 0 Å². The second-order valence-electron chi connectivity index (χ2n) is 4.90. The zero-order chi connectivity index (χ0) is 11.8. The number of nitrogens with zero attached hydrogens (tertiary/aromatic N) is 2. The Morgan fingerprint density at radius 3 is 2.94 bits per heavy atom. The number of hydrogen-bond acceptors (Lipinski definition) is 2. The molecule has 17 heavy (non-hydrogen) atoms. The van der Waals surface area contributed by atoms with Crippen LogP contribution in [0.15, 0.2) is 36.7 Å². The molecule has 3 rings (SSSR count). The standard InChI is InChI=1S/C14H17N3/c1-10-7-11-5-3-4-6-13(11)14(10)16-12-8-15-17(2)9-12/h3-6,8-10,14,16H,7H2,1-2H3/t10-,14-/m0/s1. The van der Waals surface area contributed by atoms with Crippen LogP contribution < -0.4 is 5.32 Å². The average Bonchev–Trinajstić information content (AvgIpc) is 2.85. The molecule has 0 aliphatic heterocycles. The van der Waals surface area contributed by atoms with Gasteiger partial charge in [-0.05, 0) is 23.5 Å². The first-order valence-electron chi connectivity index (χ1n) is 6.07. The van der Waals surface area contributed by atoms with E-state index in [2.05, 4.69) is 41.6 Å². The highest BCUT2D eigenvalue weighted by Crippen LogP contribution is 2.37. The Labute approximate surface area is 101 Å². The lowest BCUT2D eigenvalue weighted by Gasteiger charge is -2.18. The van der Waals surface area contributed by atoms with E-state index < -0.39 is 0 Å². The van der Waals surface area contributed by atoms with Crippen molar-refractivity contribution >= 4 is 5.69 Å². The Bertz CT molecular complexity index is 530. The van der Waals surface area contributed by atoms with Crippen LogP contribution in [0.1, 0.15) is 24.1 Å². The molecule has 0 fully saturated rings. The van der Waals surface area contributed by atoms with Crippen molar-refractivity contribution in [3.8, 4) is 0 Å². The molecule has 0 unspecified atom stereocenters. The third-order valence-corrected chi connectivity index (χ3v) is 3.53. The number of aryl methyl sites for hydroxylation is 1. The first-order valence-corrected chi connectivity index (χ1v) is 6.07. The van der Waals surface area contributed by atoms with Gasteiger partial charge in [-0.15, -0.1) is 0 Å². The van der Waals surface area contributed by atoms with Gasteiger partial charge in [0.1, 0.15) is 0 Å². The van der Waals surface area contributed by atoms with Gasteiger partial charge in [0.05, 0.1) is 17.9 Å². The third-order valence-electron chi connectivity index (χ3n) is 3.53. The van der Waals surface area contributed by atoms with E-state index in [0.29, 0.717) is 12.0 Å². The van der Waals surface area contributed by atoms with E-state index in [0.717, 1.165) is 12.1 Å². The van der Waals surface area contributed by atoms with Crippen LogP contribution in [-0.4, -0.2) is 9.78 Å². The van der Waals surface area contributed by atoms with Crippen molar-refractivity contribution in [2.45, 2.75) is 19.4 Å². The minimum atomic E-state index is 0.412. The lowest BCUT2D eigenvalue weighted by Crippen LogP contribution is -2.13. The molecule has 88 valence electrons. The first kappa shape index (κ1) is 10.4. The molecule has 0 saturated heterocycles. The van der Waals surface area contributed by atoms with Crippen molar-refractivity contribution < 1.29 is 0 Å². The van der Waals surface area contributed by atoms with E-state index in [-0.39, 0.29) is 0 Å². The van der Waals surface area contributed by atoms with E-state index >= 15 is 0 Å². The fourth-order valence-electron chi connectivity index (χ4n) is 2.69. The molecule has 0 radical (unpaired) electrons. The van der Waals surface area contributed by atoms with Crippen LogP contribution >= 0.6 is 0 Å². The molecule has 0 amide bonds. The largest absolute Gasteiger partial charge is 0.375 e. The summed E-state index contributed by atoms with van der Waals surface area (Å²) in [5.74, 6) is 0.632. The van der Waals surface area contributed by atoms with Gasteiger partial charge in [0.15, 0.2) is 0 Å². The molecular formula is C14H17N3. The second kappa shape index (κ2) is 3.91. The molecule has 1 aromatic carbocycles. The van der Waals surface area contributed by atoms with Crippen molar-refractivity contribution in [1.29, 1.82) is 0 Å². The highest BCUT2D eigenvalue weighted by atomic mass is 15.3. The summed E-state index contributed by atoms with van der Waals surface area (Å²) in [7, 11) is 1.94. The lowest BCUT2D eigenvalue weighted by atomic mass is 10.0. The minimum Gasteiger partial charge on any atom is -0.375 e. The quantitative estimate of drug-likeness (QED) is 0.855. The predicted octanol–water partition coefficient (Wildman–Crippen LogP) is 2.77. The highest BCUT2D eigenvalue weighted by molar-refractivity contribution is 5.46. The fourth-order valence-corrected chi connectivity index (χ4v) is 2.69. The maximum Gasteiger partial charge on any atom is 0.0731 e. The van der Waals surface area contributed by atoms with Crippen LogP contribution in [0, 0.1) is 5.92 Å². The summed E-state index contributed by atoms with van der Waals surface area (Å²) in [6.07, 6.45) is 5.06. The molecule has 1 aromatic heterocycles. The smallest absolute Gasteiger partial charge is 0.0731 e. The van der Waals surface area contributed by atoms with Gasteiger partial charge >= 0.3 is 0 Å².